The fourth-order valence-corrected chi connectivity index (χ4v) is 9.61. The highest BCUT2D eigenvalue weighted by Crippen LogP contribution is 2.73. The summed E-state index contributed by atoms with van der Waals surface area (Å²) in [5.74, 6) is 0.244. The van der Waals surface area contributed by atoms with Gasteiger partial charge in [0.2, 0.25) is 5.70 Å². The van der Waals surface area contributed by atoms with E-state index >= 15 is 0 Å². The van der Waals surface area contributed by atoms with Gasteiger partial charge in [0.25, 0.3) is 0 Å². The maximum absolute atomic E-state index is 14.2. The molecule has 3 fully saturated rings. The molecule has 0 unspecified atom stereocenters. The second kappa shape index (κ2) is 7.16. The van der Waals surface area contributed by atoms with E-state index < -0.39 is 5.41 Å². The first-order valence-electron chi connectivity index (χ1n) is 13.3. The highest BCUT2D eigenvalue weighted by atomic mass is 16.3. The Morgan fingerprint density at radius 1 is 1.03 bits per heavy atom. The molecule has 0 amide bonds. The molecular weight excluding hydrogens is 422 g/mol. The molecule has 34 heavy (non-hydrogen) atoms. The van der Waals surface area contributed by atoms with Crippen LogP contribution in [0.3, 0.4) is 0 Å². The zero-order valence-electron chi connectivity index (χ0n) is 21.8. The number of aliphatic hydroxyl groups is 1. The molecule has 4 heteroatoms. The third kappa shape index (κ3) is 2.80. The lowest BCUT2D eigenvalue weighted by Gasteiger charge is -2.68. The van der Waals surface area contributed by atoms with Crippen LogP contribution in [0.25, 0.3) is 4.85 Å². The largest absolute Gasteiger partial charge is 0.396 e. The number of nitrogens with zero attached hydrogens (tertiary/aromatic N) is 1. The van der Waals surface area contributed by atoms with Crippen molar-refractivity contribution >= 4 is 11.6 Å². The number of carbonyl (C=O) groups excluding carboxylic acids is 2. The first-order chi connectivity index (χ1) is 15.8. The van der Waals surface area contributed by atoms with Crippen LogP contribution in [-0.2, 0) is 9.59 Å². The number of hydrogen-bond acceptors (Lipinski definition) is 3. The van der Waals surface area contributed by atoms with E-state index in [9.17, 15) is 14.7 Å². The molecule has 0 spiro atoms. The molecule has 4 nitrogen and oxygen atoms in total. The number of Topliss-reactive ketones (excluding diaryl/α,β-unsaturated/α-hetero) is 1. The molecule has 184 valence electrons. The molecule has 1 N–H and O–H groups in total. The van der Waals surface area contributed by atoms with E-state index in [1.807, 2.05) is 19.1 Å². The van der Waals surface area contributed by atoms with Crippen molar-refractivity contribution in [2.45, 2.75) is 86.5 Å². The van der Waals surface area contributed by atoms with Gasteiger partial charge in [0.15, 0.2) is 11.6 Å². The van der Waals surface area contributed by atoms with E-state index in [0.29, 0.717) is 0 Å². The molecule has 3 saturated carbocycles. The Labute approximate surface area is 205 Å². The van der Waals surface area contributed by atoms with E-state index in [1.54, 1.807) is 0 Å². The van der Waals surface area contributed by atoms with Crippen LogP contribution in [0.4, 0.5) is 0 Å². The van der Waals surface area contributed by atoms with Gasteiger partial charge in [0.1, 0.15) is 0 Å². The maximum Gasteiger partial charge on any atom is 0.226 e. The lowest BCUT2D eigenvalue weighted by Crippen LogP contribution is -2.64. The minimum atomic E-state index is -0.443. The van der Waals surface area contributed by atoms with Gasteiger partial charge in [-0.15, -0.1) is 0 Å². The Hall–Kier alpha value is -1.73. The second-order valence-corrected chi connectivity index (χ2v) is 13.9. The highest BCUT2D eigenvalue weighted by molar-refractivity contribution is 6.01. The summed E-state index contributed by atoms with van der Waals surface area (Å²) in [4.78, 5) is 30.6. The quantitative estimate of drug-likeness (QED) is 0.474. The number of hydrogen-bond donors (Lipinski definition) is 1. The molecule has 5 aliphatic rings. The first kappa shape index (κ1) is 24.0. The summed E-state index contributed by atoms with van der Waals surface area (Å²) < 4.78 is 0. The lowest BCUT2D eigenvalue weighted by molar-refractivity contribution is -0.176. The molecule has 0 heterocycles. The van der Waals surface area contributed by atoms with E-state index in [0.717, 1.165) is 50.5 Å². The van der Waals surface area contributed by atoms with Gasteiger partial charge < -0.3 is 9.90 Å². The Morgan fingerprint density at radius 2 is 1.71 bits per heavy atom. The van der Waals surface area contributed by atoms with Crippen molar-refractivity contribution in [3.8, 4) is 0 Å². The van der Waals surface area contributed by atoms with Crippen molar-refractivity contribution in [1.29, 1.82) is 0 Å². The molecule has 0 radical (unpaired) electrons. The minimum absolute atomic E-state index is 0.0391. The highest BCUT2D eigenvalue weighted by Gasteiger charge is 2.68. The van der Waals surface area contributed by atoms with Crippen molar-refractivity contribution in [2.24, 2.45) is 50.7 Å². The zero-order valence-corrected chi connectivity index (χ0v) is 21.8. The summed E-state index contributed by atoms with van der Waals surface area (Å²) in [7, 11) is 0. The van der Waals surface area contributed by atoms with Crippen LogP contribution in [0.15, 0.2) is 23.4 Å². The predicted octanol–water partition coefficient (Wildman–Crippen LogP) is 6.16. The fourth-order valence-electron chi connectivity index (χ4n) is 9.61. The lowest BCUT2D eigenvalue weighted by atomic mass is 9.35. The van der Waals surface area contributed by atoms with Crippen LogP contribution in [0.1, 0.15) is 86.5 Å². The van der Waals surface area contributed by atoms with E-state index in [4.69, 9.17) is 6.57 Å². The van der Waals surface area contributed by atoms with Gasteiger partial charge >= 0.3 is 0 Å². The number of rotatable bonds is 1. The Balaban J connectivity index is 1.68. The number of fused-ring (bicyclic) bond motifs is 7. The van der Waals surface area contributed by atoms with Crippen molar-refractivity contribution < 1.29 is 14.7 Å². The zero-order chi connectivity index (χ0) is 24.9. The number of carbonyl (C=O) groups is 2. The molecular formula is C30H41NO3. The van der Waals surface area contributed by atoms with Crippen LogP contribution in [0.5, 0.6) is 0 Å². The summed E-state index contributed by atoms with van der Waals surface area (Å²) >= 11 is 0. The molecule has 0 aromatic carbocycles. The molecule has 0 aromatic rings. The smallest absolute Gasteiger partial charge is 0.226 e. The fraction of sp³-hybridized carbons (Fsp3) is 0.767. The van der Waals surface area contributed by atoms with E-state index in [1.165, 1.54) is 0 Å². The summed E-state index contributed by atoms with van der Waals surface area (Å²) in [6.07, 6.45) is 10.8. The van der Waals surface area contributed by atoms with Crippen molar-refractivity contribution in [2.75, 3.05) is 6.61 Å². The van der Waals surface area contributed by atoms with Gasteiger partial charge in [-0.2, -0.15) is 0 Å². The summed E-state index contributed by atoms with van der Waals surface area (Å²) in [5.41, 5.74) is 0.658. The molecule has 5 rings (SSSR count). The standard InChI is InChI=1S/C30H41NO3/c1-18-19-8-9-28(5)23(27(19,4)16-21(31-7)25(18)34)14-22(33)24-20-15-26(2,3)10-12-30(20,17-32)13-11-29(24,28)6/h14,16,18-20,24,32H,8-13,15,17H2,1-6H3/t18-,19-,20-,24-,27-,28+,29+,30+/m0/s1. The number of allylic oxidation sites excluding steroid dienone is 4. The predicted molar refractivity (Wildman–Crippen MR) is 132 cm³/mol. The minimum Gasteiger partial charge on any atom is -0.396 e. The molecule has 0 saturated heterocycles. The third-order valence-corrected chi connectivity index (χ3v) is 12.0. The molecule has 0 aromatic heterocycles. The maximum atomic E-state index is 14.2. The summed E-state index contributed by atoms with van der Waals surface area (Å²) in [6, 6.07) is 0. The van der Waals surface area contributed by atoms with Gasteiger partial charge in [-0.05, 0) is 84.5 Å². The van der Waals surface area contributed by atoms with Crippen LogP contribution >= 0.6 is 0 Å². The monoisotopic (exact) mass is 463 g/mol. The summed E-state index contributed by atoms with van der Waals surface area (Å²) in [6.45, 7) is 21.3. The Kier molecular flexibility index (Phi) is 5.05. The van der Waals surface area contributed by atoms with Crippen LogP contribution in [0.2, 0.25) is 0 Å². The Morgan fingerprint density at radius 3 is 2.35 bits per heavy atom. The number of aliphatic hydroxyl groups excluding tert-OH is 1. The molecule has 8 atom stereocenters. The third-order valence-electron chi connectivity index (χ3n) is 12.0. The van der Waals surface area contributed by atoms with E-state index in [-0.39, 0.29) is 69.2 Å². The van der Waals surface area contributed by atoms with Crippen molar-refractivity contribution in [3.05, 3.63) is 34.8 Å². The van der Waals surface area contributed by atoms with Gasteiger partial charge in [-0.1, -0.05) is 53.2 Å². The van der Waals surface area contributed by atoms with Crippen LogP contribution < -0.4 is 0 Å². The van der Waals surface area contributed by atoms with Gasteiger partial charge in [0.05, 0.1) is 6.57 Å². The molecule has 0 aliphatic heterocycles. The summed E-state index contributed by atoms with van der Waals surface area (Å²) in [5, 5.41) is 10.6. The van der Waals surface area contributed by atoms with Crippen LogP contribution in [-0.4, -0.2) is 23.3 Å². The van der Waals surface area contributed by atoms with Gasteiger partial charge in [-0.3, -0.25) is 4.79 Å². The van der Waals surface area contributed by atoms with Crippen LogP contribution in [0, 0.1) is 57.3 Å². The van der Waals surface area contributed by atoms with Crippen molar-refractivity contribution in [3.63, 3.8) is 0 Å². The molecule has 0 bridgehead atoms. The second-order valence-electron chi connectivity index (χ2n) is 13.9. The SMILES string of the molecule is [C-]#[N+]C1=C[C@]2(C)C3=CC(=O)[C@@H]4[C@@H]5CC(C)(C)CC[C@]5(CO)CC[C@@]4(C)[C@]3(C)CC[C@H]2[C@H](C)C1=O. The Bertz CT molecular complexity index is 1060. The normalized spacial score (nSPS) is 49.5. The first-order valence-corrected chi connectivity index (χ1v) is 13.3. The molecule has 5 aliphatic carbocycles. The van der Waals surface area contributed by atoms with Crippen molar-refractivity contribution in [1.82, 2.24) is 0 Å². The van der Waals surface area contributed by atoms with E-state index in [2.05, 4.69) is 39.5 Å². The van der Waals surface area contributed by atoms with Gasteiger partial charge in [0, 0.05) is 23.9 Å². The average Bonchev–Trinajstić information content (AvgIpc) is 2.77. The topological polar surface area (TPSA) is 58.7 Å². The number of ketones is 2. The average molecular weight is 464 g/mol. The van der Waals surface area contributed by atoms with Gasteiger partial charge in [-0.25, -0.2) is 4.85 Å².